The van der Waals surface area contributed by atoms with Gasteiger partial charge in [-0.3, -0.25) is 10.1 Å². The molecular weight excluding hydrogens is 492 g/mol. The molecule has 1 saturated heterocycles. The molecule has 3 N–H and O–H groups in total. The number of nitrogens with zero attached hydrogens (tertiary/aromatic N) is 7. The lowest BCUT2D eigenvalue weighted by Crippen LogP contribution is -2.49. The van der Waals surface area contributed by atoms with Gasteiger partial charge in [0.25, 0.3) is 0 Å². The van der Waals surface area contributed by atoms with Gasteiger partial charge in [-0.05, 0) is 23.8 Å². The summed E-state index contributed by atoms with van der Waals surface area (Å²) < 4.78 is 29.0. The van der Waals surface area contributed by atoms with Crippen LogP contribution in [0, 0.1) is 11.2 Å². The van der Waals surface area contributed by atoms with E-state index in [-0.39, 0.29) is 11.1 Å². The predicted molar refractivity (Wildman–Crippen MR) is 140 cm³/mol. The molecule has 12 heteroatoms. The Morgan fingerprint density at radius 3 is 2.42 bits per heavy atom. The molecule has 0 spiro atoms. The van der Waals surface area contributed by atoms with Crippen molar-refractivity contribution in [3.8, 4) is 11.1 Å². The zero-order chi connectivity index (χ0) is 26.7. The van der Waals surface area contributed by atoms with Crippen molar-refractivity contribution in [1.29, 1.82) is 5.41 Å². The van der Waals surface area contributed by atoms with Crippen molar-refractivity contribution < 1.29 is 13.9 Å². The van der Waals surface area contributed by atoms with Gasteiger partial charge in [-0.15, -0.1) is 0 Å². The van der Waals surface area contributed by atoms with E-state index in [1.54, 1.807) is 10.9 Å². The lowest BCUT2D eigenvalue weighted by atomic mass is 9.89. The maximum atomic E-state index is 13.9. The first-order valence-corrected chi connectivity index (χ1v) is 12.0. The highest BCUT2D eigenvalue weighted by molar-refractivity contribution is 6.01. The van der Waals surface area contributed by atoms with Crippen LogP contribution < -0.4 is 4.90 Å². The van der Waals surface area contributed by atoms with Gasteiger partial charge in [0.1, 0.15) is 24.4 Å². The van der Waals surface area contributed by atoms with Crippen molar-refractivity contribution in [2.75, 3.05) is 37.8 Å². The summed E-state index contributed by atoms with van der Waals surface area (Å²) in [4.78, 5) is 20.4. The average molecular weight is 520 g/mol. The number of piperazine rings is 1. The van der Waals surface area contributed by atoms with Crippen molar-refractivity contribution in [3.63, 3.8) is 0 Å². The molecule has 4 aromatic rings. The maximum Gasteiger partial charge on any atom is 0.225 e. The molecule has 1 fully saturated rings. The predicted octanol–water partition coefficient (Wildman–Crippen LogP) is 2.73. The molecule has 3 aromatic heterocycles. The summed E-state index contributed by atoms with van der Waals surface area (Å²) in [5.74, 6) is 0.649. The van der Waals surface area contributed by atoms with Gasteiger partial charge in [0, 0.05) is 74.7 Å². The Morgan fingerprint density at radius 2 is 1.82 bits per heavy atom. The highest BCUT2D eigenvalue weighted by Gasteiger charge is 2.33. The van der Waals surface area contributed by atoms with E-state index in [1.165, 1.54) is 36.7 Å². The molecule has 5 rings (SSSR count). The Bertz CT molecular complexity index is 1420. The summed E-state index contributed by atoms with van der Waals surface area (Å²) in [5, 5.41) is 22.7. The smallest absolute Gasteiger partial charge is 0.225 e. The second-order valence-electron chi connectivity index (χ2n) is 9.03. The largest absolute Gasteiger partial charge is 0.377 e. The molecular formula is C26H27F2N9O. The summed E-state index contributed by atoms with van der Waals surface area (Å²) in [7, 11) is 1.86. The Balaban J connectivity index is 1.27. The summed E-state index contributed by atoms with van der Waals surface area (Å²) in [6.45, 7) is 1.32. The minimum absolute atomic E-state index is 0.186. The number of aliphatic hydroxyl groups is 1. The Morgan fingerprint density at radius 1 is 1.11 bits per heavy atom. The van der Waals surface area contributed by atoms with E-state index in [0.717, 1.165) is 23.2 Å². The molecule has 0 amide bonds. The van der Waals surface area contributed by atoms with Crippen molar-refractivity contribution in [1.82, 2.24) is 29.6 Å². The van der Waals surface area contributed by atoms with E-state index in [2.05, 4.69) is 29.9 Å². The second kappa shape index (κ2) is 10.5. The van der Waals surface area contributed by atoms with Gasteiger partial charge < -0.3 is 19.9 Å². The molecule has 1 aromatic carbocycles. The number of aromatic amines is 1. The maximum absolute atomic E-state index is 13.9. The van der Waals surface area contributed by atoms with E-state index >= 15 is 0 Å². The standard InChI is InChI=1S/C26H27F2N9O/c1-35-15-19(12-34-35)18-10-23(30-11-18)24(33-17-29)36-6-8-37(9-7-36)25-31-13-21(14-32-25)26(38,16-27)20-2-4-22(28)5-3-20/h2-5,10-15,17,29-30,38H,6-9,16H2,1H3/t26-/m0/s1. The van der Waals surface area contributed by atoms with E-state index in [1.807, 2.05) is 30.4 Å². The lowest BCUT2D eigenvalue weighted by molar-refractivity contribution is 0.0511. The molecule has 0 radical (unpaired) electrons. The third-order valence-electron chi connectivity index (χ3n) is 6.64. The fourth-order valence-corrected chi connectivity index (χ4v) is 4.51. The van der Waals surface area contributed by atoms with E-state index in [9.17, 15) is 13.9 Å². The highest BCUT2D eigenvalue weighted by Crippen LogP contribution is 2.30. The van der Waals surface area contributed by atoms with Crippen LogP contribution in [0.5, 0.6) is 0 Å². The minimum atomic E-state index is -1.96. The van der Waals surface area contributed by atoms with Crippen molar-refractivity contribution in [2.24, 2.45) is 12.0 Å². The topological polar surface area (TPSA) is 122 Å². The fourth-order valence-electron chi connectivity index (χ4n) is 4.51. The number of amidine groups is 1. The van der Waals surface area contributed by atoms with Crippen LogP contribution in [0.3, 0.4) is 0 Å². The summed E-state index contributed by atoms with van der Waals surface area (Å²) in [6, 6.07) is 7.03. The van der Waals surface area contributed by atoms with Gasteiger partial charge >= 0.3 is 0 Å². The van der Waals surface area contributed by atoms with Gasteiger partial charge in [0.15, 0.2) is 5.84 Å². The van der Waals surface area contributed by atoms with Crippen LogP contribution in [0.15, 0.2) is 66.3 Å². The van der Waals surface area contributed by atoms with Crippen LogP contribution in [0.4, 0.5) is 14.7 Å². The Kier molecular flexibility index (Phi) is 6.97. The number of hydrogen-bond acceptors (Lipinski definition) is 6. The molecule has 1 aliphatic rings. The molecule has 0 aliphatic carbocycles. The number of anilines is 1. The van der Waals surface area contributed by atoms with Gasteiger partial charge in [-0.25, -0.2) is 23.7 Å². The van der Waals surface area contributed by atoms with E-state index in [0.29, 0.717) is 38.0 Å². The molecule has 1 atom stereocenters. The monoisotopic (exact) mass is 519 g/mol. The molecule has 10 nitrogen and oxygen atoms in total. The van der Waals surface area contributed by atoms with Crippen molar-refractivity contribution in [3.05, 3.63) is 84.0 Å². The number of halogens is 2. The van der Waals surface area contributed by atoms with E-state index < -0.39 is 18.1 Å². The van der Waals surface area contributed by atoms with E-state index in [4.69, 9.17) is 5.41 Å². The number of rotatable bonds is 7. The SMILES string of the molecule is Cn1cc(-c2c[nH]c(C(=NC=N)N3CCN(c4ncc([C@](O)(CF)c5ccc(F)cc5)cn4)CC3)c2)cn1. The Hall–Kier alpha value is -4.45. The van der Waals surface area contributed by atoms with Crippen LogP contribution in [0.1, 0.15) is 16.8 Å². The number of aliphatic imine (C=N–C) groups is 1. The number of alkyl halides is 1. The minimum Gasteiger partial charge on any atom is -0.377 e. The fraction of sp³-hybridized carbons (Fsp3) is 0.269. The Labute approximate surface area is 217 Å². The lowest BCUT2D eigenvalue weighted by Gasteiger charge is -2.36. The summed E-state index contributed by atoms with van der Waals surface area (Å²) in [5.41, 5.74) is 1.20. The van der Waals surface area contributed by atoms with Crippen LogP contribution >= 0.6 is 0 Å². The first kappa shape index (κ1) is 25.2. The van der Waals surface area contributed by atoms with Crippen LogP contribution in [-0.4, -0.2) is 79.8 Å². The van der Waals surface area contributed by atoms with Gasteiger partial charge in [-0.2, -0.15) is 5.10 Å². The van der Waals surface area contributed by atoms with Gasteiger partial charge in [0.2, 0.25) is 5.95 Å². The second-order valence-corrected chi connectivity index (χ2v) is 9.03. The molecule has 38 heavy (non-hydrogen) atoms. The first-order valence-electron chi connectivity index (χ1n) is 12.0. The number of benzene rings is 1. The third kappa shape index (κ3) is 4.90. The number of aryl methyl sites for hydroxylation is 1. The normalized spacial score (nSPS) is 15.9. The molecule has 1 aliphatic heterocycles. The number of H-pyrrole nitrogens is 1. The van der Waals surface area contributed by atoms with Crippen LogP contribution in [0.25, 0.3) is 11.1 Å². The zero-order valence-electron chi connectivity index (χ0n) is 20.7. The average Bonchev–Trinajstić information content (AvgIpc) is 3.61. The quantitative estimate of drug-likeness (QED) is 0.255. The first-order chi connectivity index (χ1) is 18.4. The van der Waals surface area contributed by atoms with Gasteiger partial charge in [0.05, 0.1) is 11.9 Å². The summed E-state index contributed by atoms with van der Waals surface area (Å²) in [6.07, 6.45) is 9.44. The highest BCUT2D eigenvalue weighted by atomic mass is 19.1. The number of aromatic nitrogens is 5. The van der Waals surface area contributed by atoms with Gasteiger partial charge in [-0.1, -0.05) is 12.1 Å². The van der Waals surface area contributed by atoms with Crippen molar-refractivity contribution in [2.45, 2.75) is 5.60 Å². The number of hydrogen-bond donors (Lipinski definition) is 3. The number of nitrogens with one attached hydrogen (secondary N) is 2. The van der Waals surface area contributed by atoms with Crippen LogP contribution in [-0.2, 0) is 12.6 Å². The molecule has 196 valence electrons. The van der Waals surface area contributed by atoms with Crippen LogP contribution in [0.2, 0.25) is 0 Å². The summed E-state index contributed by atoms with van der Waals surface area (Å²) >= 11 is 0. The molecule has 0 saturated carbocycles. The van der Waals surface area contributed by atoms with Crippen molar-refractivity contribution >= 4 is 18.1 Å². The molecule has 0 unspecified atom stereocenters. The molecule has 4 heterocycles. The zero-order valence-corrected chi connectivity index (χ0v) is 20.7. The third-order valence-corrected chi connectivity index (χ3v) is 6.64. The molecule has 0 bridgehead atoms.